The van der Waals surface area contributed by atoms with Crippen LogP contribution in [0, 0.1) is 18.3 Å². The number of nitrogens with one attached hydrogen (secondary N) is 3. The molecule has 5 nitrogen and oxygen atoms in total. The summed E-state index contributed by atoms with van der Waals surface area (Å²) in [4.78, 5) is 15.6. The van der Waals surface area contributed by atoms with Crippen molar-refractivity contribution in [1.82, 2.24) is 16.0 Å². The Bertz CT molecular complexity index is 315. The van der Waals surface area contributed by atoms with E-state index in [0.717, 1.165) is 19.4 Å². The van der Waals surface area contributed by atoms with E-state index in [4.69, 9.17) is 6.42 Å². The largest absolute Gasteiger partial charge is 0.357 e. The molecule has 1 aliphatic rings. The van der Waals surface area contributed by atoms with E-state index in [0.29, 0.717) is 25.6 Å². The lowest BCUT2D eigenvalue weighted by Crippen LogP contribution is -2.38. The summed E-state index contributed by atoms with van der Waals surface area (Å²) < 4.78 is 0. The van der Waals surface area contributed by atoms with Crippen molar-refractivity contribution in [1.29, 1.82) is 0 Å². The molecule has 0 unspecified atom stereocenters. The Hall–Kier alpha value is -1.70. The normalized spacial score (nSPS) is 14.9. The highest BCUT2D eigenvalue weighted by molar-refractivity contribution is 5.81. The molecule has 0 aliphatic heterocycles. The van der Waals surface area contributed by atoms with E-state index in [2.05, 4.69) is 26.9 Å². The first-order valence-corrected chi connectivity index (χ1v) is 6.01. The van der Waals surface area contributed by atoms with Crippen LogP contribution in [0.15, 0.2) is 4.99 Å². The molecule has 3 N–H and O–H groups in total. The number of hydrogen-bond acceptors (Lipinski definition) is 2. The first kappa shape index (κ1) is 13.4. The molecule has 1 rings (SSSR count). The van der Waals surface area contributed by atoms with Crippen LogP contribution in [0.2, 0.25) is 0 Å². The minimum absolute atomic E-state index is 0.154. The van der Waals surface area contributed by atoms with Gasteiger partial charge >= 0.3 is 0 Å². The van der Waals surface area contributed by atoms with E-state index in [1.807, 2.05) is 6.92 Å². The molecule has 0 saturated heterocycles. The van der Waals surface area contributed by atoms with Crippen LogP contribution in [0.5, 0.6) is 0 Å². The van der Waals surface area contributed by atoms with Crippen molar-refractivity contribution in [3.8, 4) is 12.3 Å². The van der Waals surface area contributed by atoms with E-state index in [1.165, 1.54) is 0 Å². The summed E-state index contributed by atoms with van der Waals surface area (Å²) in [7, 11) is 0. The minimum atomic E-state index is 0.154. The molecule has 94 valence electrons. The highest BCUT2D eigenvalue weighted by atomic mass is 16.2. The van der Waals surface area contributed by atoms with Gasteiger partial charge in [0.1, 0.15) is 0 Å². The lowest BCUT2D eigenvalue weighted by molar-refractivity contribution is -0.122. The van der Waals surface area contributed by atoms with Crippen LogP contribution in [0.25, 0.3) is 0 Å². The molecule has 0 bridgehead atoms. The van der Waals surface area contributed by atoms with Gasteiger partial charge in [0.15, 0.2) is 5.96 Å². The fourth-order valence-corrected chi connectivity index (χ4v) is 1.31. The van der Waals surface area contributed by atoms with Crippen molar-refractivity contribution in [2.45, 2.75) is 19.8 Å². The standard InChI is InChI=1S/C12H20N4O/c1-3-7-15-12(13-4-2)16-9-8-14-11(17)10-5-6-10/h1,10H,4-9H2,2H3,(H,14,17)(H2,13,15,16). The predicted molar refractivity (Wildman–Crippen MR) is 68.5 cm³/mol. The molecule has 17 heavy (non-hydrogen) atoms. The number of carbonyl (C=O) groups is 1. The van der Waals surface area contributed by atoms with Gasteiger partial charge in [0.05, 0.1) is 13.1 Å². The smallest absolute Gasteiger partial charge is 0.223 e. The average molecular weight is 236 g/mol. The Labute approximate surface area is 102 Å². The Kier molecular flexibility index (Phi) is 5.94. The second-order valence-electron chi connectivity index (χ2n) is 3.88. The molecule has 1 aliphatic carbocycles. The summed E-state index contributed by atoms with van der Waals surface area (Å²) in [6.45, 7) is 4.34. The van der Waals surface area contributed by atoms with E-state index in [9.17, 15) is 4.79 Å². The van der Waals surface area contributed by atoms with Gasteiger partial charge in [-0.1, -0.05) is 5.92 Å². The molecule has 0 atom stereocenters. The molecule has 0 spiro atoms. The number of aliphatic imine (C=N–C) groups is 1. The van der Waals surface area contributed by atoms with Gasteiger partial charge in [-0.05, 0) is 19.8 Å². The number of nitrogens with zero attached hydrogens (tertiary/aromatic N) is 1. The van der Waals surface area contributed by atoms with Crippen LogP contribution >= 0.6 is 0 Å². The van der Waals surface area contributed by atoms with Crippen LogP contribution in [-0.2, 0) is 4.79 Å². The quantitative estimate of drug-likeness (QED) is 0.257. The van der Waals surface area contributed by atoms with Crippen LogP contribution in [0.3, 0.4) is 0 Å². The second-order valence-corrected chi connectivity index (χ2v) is 3.88. The summed E-state index contributed by atoms with van der Waals surface area (Å²) in [6, 6.07) is 0. The molecule has 0 aromatic rings. The van der Waals surface area contributed by atoms with Crippen molar-refractivity contribution in [3.05, 3.63) is 0 Å². The zero-order valence-electron chi connectivity index (χ0n) is 10.3. The second kappa shape index (κ2) is 7.55. The maximum absolute atomic E-state index is 11.3. The first-order chi connectivity index (χ1) is 8.27. The van der Waals surface area contributed by atoms with Gasteiger partial charge in [0, 0.05) is 19.0 Å². The van der Waals surface area contributed by atoms with Crippen LogP contribution in [-0.4, -0.2) is 38.0 Å². The fourth-order valence-electron chi connectivity index (χ4n) is 1.31. The van der Waals surface area contributed by atoms with Crippen molar-refractivity contribution in [2.75, 3.05) is 26.2 Å². The fraction of sp³-hybridized carbons (Fsp3) is 0.667. The number of rotatable bonds is 6. The van der Waals surface area contributed by atoms with E-state index >= 15 is 0 Å². The maximum atomic E-state index is 11.3. The van der Waals surface area contributed by atoms with Crippen LogP contribution in [0.1, 0.15) is 19.8 Å². The first-order valence-electron chi connectivity index (χ1n) is 6.01. The monoisotopic (exact) mass is 236 g/mol. The third-order valence-corrected chi connectivity index (χ3v) is 2.33. The number of carbonyl (C=O) groups excluding carboxylic acids is 1. The van der Waals surface area contributed by atoms with Crippen molar-refractivity contribution < 1.29 is 4.79 Å². The lowest BCUT2D eigenvalue weighted by atomic mass is 10.4. The third kappa shape index (κ3) is 5.81. The molecule has 5 heteroatoms. The molecule has 1 fully saturated rings. The van der Waals surface area contributed by atoms with Gasteiger partial charge in [0.2, 0.25) is 5.91 Å². The predicted octanol–water partition coefficient (Wildman–Crippen LogP) is -0.299. The third-order valence-electron chi connectivity index (χ3n) is 2.33. The summed E-state index contributed by atoms with van der Waals surface area (Å²) in [5, 5.41) is 8.91. The topological polar surface area (TPSA) is 65.5 Å². The molecular formula is C12H20N4O. The molecule has 1 amide bonds. The van der Waals surface area contributed by atoms with E-state index < -0.39 is 0 Å². The molecule has 0 radical (unpaired) electrons. The number of guanidine groups is 1. The van der Waals surface area contributed by atoms with Gasteiger partial charge < -0.3 is 16.0 Å². The van der Waals surface area contributed by atoms with E-state index in [-0.39, 0.29) is 11.8 Å². The van der Waals surface area contributed by atoms with Crippen molar-refractivity contribution in [3.63, 3.8) is 0 Å². The SMILES string of the molecule is C#CCNC(=NCCNC(=O)C1CC1)NCC. The highest BCUT2D eigenvalue weighted by Gasteiger charge is 2.28. The van der Waals surface area contributed by atoms with Gasteiger partial charge in [-0.15, -0.1) is 6.42 Å². The summed E-state index contributed by atoms with van der Waals surface area (Å²) in [5.41, 5.74) is 0. The van der Waals surface area contributed by atoms with Gasteiger partial charge in [-0.2, -0.15) is 0 Å². The summed E-state index contributed by atoms with van der Waals surface area (Å²) in [6.07, 6.45) is 7.21. The van der Waals surface area contributed by atoms with E-state index in [1.54, 1.807) is 0 Å². The van der Waals surface area contributed by atoms with Gasteiger partial charge in [-0.25, -0.2) is 0 Å². The average Bonchev–Trinajstić information content (AvgIpc) is 3.15. The zero-order chi connectivity index (χ0) is 12.5. The molecule has 0 aromatic heterocycles. The van der Waals surface area contributed by atoms with Crippen molar-refractivity contribution >= 4 is 11.9 Å². The summed E-state index contributed by atoms with van der Waals surface area (Å²) >= 11 is 0. The minimum Gasteiger partial charge on any atom is -0.357 e. The Morgan fingerprint density at radius 2 is 2.18 bits per heavy atom. The Morgan fingerprint density at radius 1 is 1.41 bits per heavy atom. The summed E-state index contributed by atoms with van der Waals surface area (Å²) in [5.74, 6) is 3.58. The molecular weight excluding hydrogens is 216 g/mol. The van der Waals surface area contributed by atoms with Gasteiger partial charge in [-0.3, -0.25) is 9.79 Å². The number of amides is 1. The molecule has 0 heterocycles. The van der Waals surface area contributed by atoms with Gasteiger partial charge in [0.25, 0.3) is 0 Å². The lowest BCUT2D eigenvalue weighted by Gasteiger charge is -2.08. The number of terminal acetylenes is 1. The van der Waals surface area contributed by atoms with Crippen molar-refractivity contribution in [2.24, 2.45) is 10.9 Å². The van der Waals surface area contributed by atoms with Crippen LogP contribution < -0.4 is 16.0 Å². The highest BCUT2D eigenvalue weighted by Crippen LogP contribution is 2.28. The maximum Gasteiger partial charge on any atom is 0.223 e. The Balaban J connectivity index is 2.17. The Morgan fingerprint density at radius 3 is 2.76 bits per heavy atom. The molecule has 0 aromatic carbocycles. The van der Waals surface area contributed by atoms with Crippen LogP contribution in [0.4, 0.5) is 0 Å². The number of hydrogen-bond donors (Lipinski definition) is 3. The zero-order valence-corrected chi connectivity index (χ0v) is 10.3. The molecule has 1 saturated carbocycles.